The standard InChI is InChI=1S/C18H25N3O3/c22-18(23)15-9-13-3-6-21(14-5-8-24-11-14)7-4-16(13)20-17(15)19-10-12-1-2-12/h9,12,14H,1-8,10-11H2,(H,19,20)(H,22,23). The molecule has 130 valence electrons. The number of hydrogen-bond acceptors (Lipinski definition) is 5. The SMILES string of the molecule is O=C(O)c1cc2c(nc1NCC1CC1)CCN(C1CCOC1)CC2. The van der Waals surface area contributed by atoms with Crippen molar-refractivity contribution in [2.45, 2.75) is 38.1 Å². The third-order valence-corrected chi connectivity index (χ3v) is 5.40. The Labute approximate surface area is 142 Å². The summed E-state index contributed by atoms with van der Waals surface area (Å²) in [5, 5.41) is 12.8. The van der Waals surface area contributed by atoms with Gasteiger partial charge in [-0.1, -0.05) is 0 Å². The topological polar surface area (TPSA) is 74.7 Å². The molecule has 0 bridgehead atoms. The third kappa shape index (κ3) is 3.39. The number of pyridine rings is 1. The molecule has 24 heavy (non-hydrogen) atoms. The Morgan fingerprint density at radius 3 is 2.88 bits per heavy atom. The molecular formula is C18H25N3O3. The van der Waals surface area contributed by atoms with Crippen LogP contribution in [0.25, 0.3) is 0 Å². The highest BCUT2D eigenvalue weighted by atomic mass is 16.5. The van der Waals surface area contributed by atoms with Gasteiger partial charge in [-0.3, -0.25) is 4.90 Å². The van der Waals surface area contributed by atoms with Crippen LogP contribution < -0.4 is 5.32 Å². The molecule has 0 spiro atoms. The molecule has 0 radical (unpaired) electrons. The number of fused-ring (bicyclic) bond motifs is 1. The second-order valence-electron chi connectivity index (χ2n) is 7.17. The second-order valence-corrected chi connectivity index (χ2v) is 7.17. The van der Waals surface area contributed by atoms with Crippen LogP contribution in [-0.2, 0) is 17.6 Å². The van der Waals surface area contributed by atoms with Gasteiger partial charge in [0, 0.05) is 44.4 Å². The molecule has 3 aliphatic rings. The van der Waals surface area contributed by atoms with E-state index in [2.05, 4.69) is 10.2 Å². The number of hydrogen-bond donors (Lipinski definition) is 2. The predicted octanol–water partition coefficient (Wildman–Crippen LogP) is 1.79. The quantitative estimate of drug-likeness (QED) is 0.857. The van der Waals surface area contributed by atoms with Gasteiger partial charge in [0.05, 0.1) is 6.61 Å². The van der Waals surface area contributed by atoms with Gasteiger partial charge >= 0.3 is 5.97 Å². The van der Waals surface area contributed by atoms with Crippen molar-refractivity contribution >= 4 is 11.8 Å². The van der Waals surface area contributed by atoms with Crippen LogP contribution in [0.5, 0.6) is 0 Å². The summed E-state index contributed by atoms with van der Waals surface area (Å²) in [7, 11) is 0. The predicted molar refractivity (Wildman–Crippen MR) is 90.6 cm³/mol. The molecule has 1 saturated carbocycles. The highest BCUT2D eigenvalue weighted by molar-refractivity contribution is 5.93. The van der Waals surface area contributed by atoms with Crippen LogP contribution in [0.3, 0.4) is 0 Å². The number of nitrogens with zero attached hydrogens (tertiary/aromatic N) is 2. The Balaban J connectivity index is 1.53. The summed E-state index contributed by atoms with van der Waals surface area (Å²) >= 11 is 0. The normalized spacial score (nSPS) is 24.4. The molecule has 2 fully saturated rings. The number of aromatic nitrogens is 1. The number of rotatable bonds is 5. The van der Waals surface area contributed by atoms with E-state index in [9.17, 15) is 9.90 Å². The van der Waals surface area contributed by atoms with Gasteiger partial charge in [-0.2, -0.15) is 0 Å². The summed E-state index contributed by atoms with van der Waals surface area (Å²) in [5.74, 6) is 0.338. The average Bonchev–Trinajstić information content (AvgIpc) is 3.30. The van der Waals surface area contributed by atoms with Crippen LogP contribution in [-0.4, -0.2) is 59.8 Å². The molecule has 2 N–H and O–H groups in total. The lowest BCUT2D eigenvalue weighted by Gasteiger charge is -2.25. The van der Waals surface area contributed by atoms with Gasteiger partial charge in [0.25, 0.3) is 0 Å². The van der Waals surface area contributed by atoms with Crippen LogP contribution in [0.15, 0.2) is 6.07 Å². The van der Waals surface area contributed by atoms with Gasteiger partial charge in [0.1, 0.15) is 11.4 Å². The van der Waals surface area contributed by atoms with E-state index in [0.717, 1.165) is 63.4 Å². The van der Waals surface area contributed by atoms with Crippen molar-refractivity contribution in [3.63, 3.8) is 0 Å². The van der Waals surface area contributed by atoms with Gasteiger partial charge in [-0.05, 0) is 43.2 Å². The maximum Gasteiger partial charge on any atom is 0.339 e. The van der Waals surface area contributed by atoms with Crippen LogP contribution in [0.4, 0.5) is 5.82 Å². The van der Waals surface area contributed by atoms with Crippen molar-refractivity contribution in [1.82, 2.24) is 9.88 Å². The minimum atomic E-state index is -0.895. The zero-order valence-corrected chi connectivity index (χ0v) is 14.0. The van der Waals surface area contributed by atoms with E-state index in [4.69, 9.17) is 9.72 Å². The lowest BCUT2D eigenvalue weighted by atomic mass is 10.1. The van der Waals surface area contributed by atoms with E-state index in [-0.39, 0.29) is 0 Å². The van der Waals surface area contributed by atoms with Gasteiger partial charge < -0.3 is 15.2 Å². The van der Waals surface area contributed by atoms with Crippen molar-refractivity contribution in [2.75, 3.05) is 38.2 Å². The first kappa shape index (κ1) is 15.8. The van der Waals surface area contributed by atoms with E-state index in [1.165, 1.54) is 12.8 Å². The van der Waals surface area contributed by atoms with Crippen molar-refractivity contribution in [1.29, 1.82) is 0 Å². The summed E-state index contributed by atoms with van der Waals surface area (Å²) < 4.78 is 5.51. The molecule has 1 aromatic heterocycles. The number of carbonyl (C=O) groups is 1. The first-order valence-electron chi connectivity index (χ1n) is 9.02. The molecule has 0 amide bonds. The monoisotopic (exact) mass is 331 g/mol. The smallest absolute Gasteiger partial charge is 0.339 e. The fourth-order valence-electron chi connectivity index (χ4n) is 3.69. The van der Waals surface area contributed by atoms with Crippen LogP contribution in [0.1, 0.15) is 40.9 Å². The highest BCUT2D eigenvalue weighted by Crippen LogP contribution is 2.30. The fraction of sp³-hybridized carbons (Fsp3) is 0.667. The number of ether oxygens (including phenoxy) is 1. The first-order valence-corrected chi connectivity index (χ1v) is 9.02. The van der Waals surface area contributed by atoms with E-state index >= 15 is 0 Å². The Hall–Kier alpha value is -1.66. The van der Waals surface area contributed by atoms with Crippen molar-refractivity contribution < 1.29 is 14.6 Å². The fourth-order valence-corrected chi connectivity index (χ4v) is 3.69. The molecule has 1 unspecified atom stereocenters. The molecule has 1 atom stereocenters. The van der Waals surface area contributed by atoms with Gasteiger partial charge in [-0.25, -0.2) is 9.78 Å². The molecule has 0 aromatic carbocycles. The number of carboxylic acid groups (broad SMARTS) is 1. The van der Waals surface area contributed by atoms with Crippen LogP contribution in [0.2, 0.25) is 0 Å². The van der Waals surface area contributed by atoms with E-state index in [1.54, 1.807) is 0 Å². The molecular weight excluding hydrogens is 306 g/mol. The van der Waals surface area contributed by atoms with Gasteiger partial charge in [0.15, 0.2) is 0 Å². The maximum absolute atomic E-state index is 11.6. The van der Waals surface area contributed by atoms with Crippen molar-refractivity contribution in [3.05, 3.63) is 22.9 Å². The molecule has 1 aliphatic carbocycles. The zero-order valence-electron chi connectivity index (χ0n) is 14.0. The minimum Gasteiger partial charge on any atom is -0.478 e. The van der Waals surface area contributed by atoms with Crippen molar-refractivity contribution in [2.24, 2.45) is 5.92 Å². The van der Waals surface area contributed by atoms with Crippen molar-refractivity contribution in [3.8, 4) is 0 Å². The van der Waals surface area contributed by atoms with E-state index < -0.39 is 5.97 Å². The lowest BCUT2D eigenvalue weighted by molar-refractivity contribution is 0.0697. The largest absolute Gasteiger partial charge is 0.478 e. The van der Waals surface area contributed by atoms with Crippen LogP contribution in [0, 0.1) is 5.92 Å². The maximum atomic E-state index is 11.6. The summed E-state index contributed by atoms with van der Waals surface area (Å²) in [6.45, 7) is 4.43. The summed E-state index contributed by atoms with van der Waals surface area (Å²) in [5.41, 5.74) is 2.46. The molecule has 6 heteroatoms. The molecule has 1 aromatic rings. The Bertz CT molecular complexity index is 624. The number of carboxylic acids is 1. The molecule has 1 saturated heterocycles. The first-order chi connectivity index (χ1) is 11.7. The molecule has 3 heterocycles. The zero-order chi connectivity index (χ0) is 16.5. The second kappa shape index (κ2) is 6.69. The number of nitrogens with one attached hydrogen (secondary N) is 1. The van der Waals surface area contributed by atoms with Crippen LogP contribution >= 0.6 is 0 Å². The molecule has 2 aliphatic heterocycles. The van der Waals surface area contributed by atoms with E-state index in [1.807, 2.05) is 6.07 Å². The lowest BCUT2D eigenvalue weighted by Crippen LogP contribution is -2.37. The summed E-state index contributed by atoms with van der Waals surface area (Å²) in [6, 6.07) is 2.35. The summed E-state index contributed by atoms with van der Waals surface area (Å²) in [6.07, 6.45) is 5.31. The van der Waals surface area contributed by atoms with E-state index in [0.29, 0.717) is 23.3 Å². The average molecular weight is 331 g/mol. The van der Waals surface area contributed by atoms with Gasteiger partial charge in [0.2, 0.25) is 0 Å². The molecule has 4 rings (SSSR count). The molecule has 6 nitrogen and oxygen atoms in total. The minimum absolute atomic E-state index is 0.312. The third-order valence-electron chi connectivity index (χ3n) is 5.40. The highest BCUT2D eigenvalue weighted by Gasteiger charge is 2.27. The van der Waals surface area contributed by atoms with Gasteiger partial charge in [-0.15, -0.1) is 0 Å². The number of aromatic carboxylic acids is 1. The number of anilines is 1. The Kier molecular flexibility index (Phi) is 4.41. The Morgan fingerprint density at radius 1 is 1.33 bits per heavy atom. The summed E-state index contributed by atoms with van der Waals surface area (Å²) in [4.78, 5) is 18.8. The Morgan fingerprint density at radius 2 is 2.17 bits per heavy atom.